The second-order valence-corrected chi connectivity index (χ2v) is 4.82. The molecule has 3 N–H and O–H groups in total. The van der Waals surface area contributed by atoms with E-state index in [1.165, 1.54) is 0 Å². The number of hydrogen-bond acceptors (Lipinski definition) is 2. The SMILES string of the molecule is O=C(Nc1c(F)cc(F)cc1F)N[C@H](CCO)c1ccccc1. The molecular formula is C16H15F3N2O2. The molecule has 1 atom stereocenters. The highest BCUT2D eigenvalue weighted by atomic mass is 19.1. The Bertz CT molecular complexity index is 657. The monoisotopic (exact) mass is 324 g/mol. The highest BCUT2D eigenvalue weighted by molar-refractivity contribution is 5.89. The zero-order chi connectivity index (χ0) is 16.8. The molecule has 0 aliphatic carbocycles. The minimum Gasteiger partial charge on any atom is -0.396 e. The van der Waals surface area contributed by atoms with Gasteiger partial charge in [0.1, 0.15) is 11.5 Å². The Hall–Kier alpha value is -2.54. The van der Waals surface area contributed by atoms with Crippen molar-refractivity contribution in [2.75, 3.05) is 11.9 Å². The summed E-state index contributed by atoms with van der Waals surface area (Å²) in [7, 11) is 0. The molecule has 23 heavy (non-hydrogen) atoms. The fourth-order valence-electron chi connectivity index (χ4n) is 2.11. The van der Waals surface area contributed by atoms with Crippen LogP contribution in [0.4, 0.5) is 23.7 Å². The number of nitrogens with one attached hydrogen (secondary N) is 2. The van der Waals surface area contributed by atoms with Crippen molar-refractivity contribution in [2.45, 2.75) is 12.5 Å². The molecule has 0 fully saturated rings. The summed E-state index contributed by atoms with van der Waals surface area (Å²) in [6.45, 7) is -0.181. The first kappa shape index (κ1) is 16.8. The molecule has 4 nitrogen and oxygen atoms in total. The number of benzene rings is 2. The minimum absolute atomic E-state index is 0.181. The summed E-state index contributed by atoms with van der Waals surface area (Å²) in [4.78, 5) is 11.9. The lowest BCUT2D eigenvalue weighted by atomic mass is 10.0. The van der Waals surface area contributed by atoms with Crippen molar-refractivity contribution in [1.82, 2.24) is 5.32 Å². The van der Waals surface area contributed by atoms with Gasteiger partial charge in [-0.3, -0.25) is 0 Å². The van der Waals surface area contributed by atoms with E-state index in [1.807, 2.05) is 5.32 Å². The molecule has 122 valence electrons. The Labute approximate surface area is 131 Å². The van der Waals surface area contributed by atoms with Crippen molar-refractivity contribution in [3.8, 4) is 0 Å². The molecule has 2 aromatic carbocycles. The van der Waals surface area contributed by atoms with E-state index < -0.39 is 35.2 Å². The summed E-state index contributed by atoms with van der Waals surface area (Å²) in [5, 5.41) is 13.6. The highest BCUT2D eigenvalue weighted by Crippen LogP contribution is 2.21. The van der Waals surface area contributed by atoms with Gasteiger partial charge in [-0.15, -0.1) is 0 Å². The predicted octanol–water partition coefficient (Wildman–Crippen LogP) is 3.35. The van der Waals surface area contributed by atoms with Crippen molar-refractivity contribution >= 4 is 11.7 Å². The Morgan fingerprint density at radius 2 is 1.70 bits per heavy atom. The van der Waals surface area contributed by atoms with Crippen molar-refractivity contribution in [2.24, 2.45) is 0 Å². The topological polar surface area (TPSA) is 61.4 Å². The molecule has 0 spiro atoms. The van der Waals surface area contributed by atoms with Crippen LogP contribution in [-0.4, -0.2) is 17.7 Å². The molecule has 0 bridgehead atoms. The molecular weight excluding hydrogens is 309 g/mol. The molecule has 0 saturated carbocycles. The second-order valence-electron chi connectivity index (χ2n) is 4.82. The Kier molecular flexibility index (Phi) is 5.59. The van der Waals surface area contributed by atoms with Gasteiger partial charge in [0, 0.05) is 18.7 Å². The lowest BCUT2D eigenvalue weighted by Gasteiger charge is -2.19. The first-order valence-electron chi connectivity index (χ1n) is 6.89. The maximum Gasteiger partial charge on any atom is 0.319 e. The number of amides is 2. The van der Waals surface area contributed by atoms with Crippen molar-refractivity contribution < 1.29 is 23.1 Å². The van der Waals surface area contributed by atoms with Crippen LogP contribution in [0.25, 0.3) is 0 Å². The summed E-state index contributed by atoms with van der Waals surface area (Å²) in [5.41, 5.74) is -0.00328. The third-order valence-corrected chi connectivity index (χ3v) is 3.17. The zero-order valence-corrected chi connectivity index (χ0v) is 12.0. The van der Waals surface area contributed by atoms with E-state index in [4.69, 9.17) is 5.11 Å². The van der Waals surface area contributed by atoms with Crippen LogP contribution in [0.15, 0.2) is 42.5 Å². The van der Waals surface area contributed by atoms with Crippen molar-refractivity contribution in [3.05, 3.63) is 65.5 Å². The number of urea groups is 1. The fraction of sp³-hybridized carbons (Fsp3) is 0.188. The standard InChI is InChI=1S/C16H15F3N2O2/c17-11-8-12(18)15(13(19)9-11)21-16(23)20-14(6-7-22)10-4-2-1-3-5-10/h1-5,8-9,14,22H,6-7H2,(H2,20,21,23)/t14-/m1/s1. The molecule has 0 heterocycles. The summed E-state index contributed by atoms with van der Waals surface area (Å²) in [5.74, 6) is -3.50. The van der Waals surface area contributed by atoms with E-state index in [2.05, 4.69) is 5.32 Å². The van der Waals surface area contributed by atoms with Crippen molar-refractivity contribution in [3.63, 3.8) is 0 Å². The smallest absolute Gasteiger partial charge is 0.319 e. The maximum atomic E-state index is 13.5. The first-order chi connectivity index (χ1) is 11.0. The molecule has 0 aliphatic heterocycles. The minimum atomic E-state index is -1.21. The van der Waals surface area contributed by atoms with Crippen LogP contribution in [-0.2, 0) is 0 Å². The van der Waals surface area contributed by atoms with Crippen LogP contribution in [0, 0.1) is 17.5 Å². The van der Waals surface area contributed by atoms with E-state index in [0.717, 1.165) is 5.56 Å². The molecule has 0 aromatic heterocycles. The predicted molar refractivity (Wildman–Crippen MR) is 79.4 cm³/mol. The summed E-state index contributed by atoms with van der Waals surface area (Å²) in [6.07, 6.45) is 0.228. The average Bonchev–Trinajstić information content (AvgIpc) is 2.51. The van der Waals surface area contributed by atoms with Gasteiger partial charge in [-0.25, -0.2) is 18.0 Å². The molecule has 0 aliphatic rings. The number of aliphatic hydroxyl groups is 1. The van der Waals surface area contributed by atoms with Gasteiger partial charge in [-0.2, -0.15) is 0 Å². The first-order valence-corrected chi connectivity index (χ1v) is 6.89. The van der Waals surface area contributed by atoms with Gasteiger partial charge in [0.05, 0.1) is 6.04 Å². The molecule has 2 aromatic rings. The van der Waals surface area contributed by atoms with Gasteiger partial charge in [-0.1, -0.05) is 30.3 Å². The lowest BCUT2D eigenvalue weighted by Crippen LogP contribution is -2.33. The zero-order valence-electron chi connectivity index (χ0n) is 12.0. The largest absolute Gasteiger partial charge is 0.396 e. The van der Waals surface area contributed by atoms with E-state index in [9.17, 15) is 18.0 Å². The maximum absolute atomic E-state index is 13.5. The third kappa shape index (κ3) is 4.46. The van der Waals surface area contributed by atoms with E-state index in [0.29, 0.717) is 12.1 Å². The molecule has 0 unspecified atom stereocenters. The van der Waals surface area contributed by atoms with Gasteiger partial charge in [0.2, 0.25) is 0 Å². The van der Waals surface area contributed by atoms with Crippen LogP contribution >= 0.6 is 0 Å². The molecule has 0 saturated heterocycles. The molecule has 2 amide bonds. The van der Waals surface area contributed by atoms with Gasteiger partial charge in [0.25, 0.3) is 0 Å². The number of halogens is 3. The molecule has 0 radical (unpaired) electrons. The quantitative estimate of drug-likeness (QED) is 0.790. The third-order valence-electron chi connectivity index (χ3n) is 3.17. The number of carbonyl (C=O) groups excluding carboxylic acids is 1. The normalized spacial score (nSPS) is 11.8. The van der Waals surface area contributed by atoms with Gasteiger partial charge in [-0.05, 0) is 12.0 Å². The second kappa shape index (κ2) is 7.64. The Morgan fingerprint density at radius 1 is 1.09 bits per heavy atom. The van der Waals surface area contributed by atoms with Crippen LogP contribution in [0.5, 0.6) is 0 Å². The van der Waals surface area contributed by atoms with Gasteiger partial charge in [0.15, 0.2) is 11.6 Å². The van der Waals surface area contributed by atoms with Crippen LogP contribution in [0.3, 0.4) is 0 Å². The van der Waals surface area contributed by atoms with E-state index in [-0.39, 0.29) is 13.0 Å². The van der Waals surface area contributed by atoms with Crippen molar-refractivity contribution in [1.29, 1.82) is 0 Å². The van der Waals surface area contributed by atoms with Crippen LogP contribution in [0.1, 0.15) is 18.0 Å². The van der Waals surface area contributed by atoms with Crippen LogP contribution in [0.2, 0.25) is 0 Å². The molecule has 7 heteroatoms. The van der Waals surface area contributed by atoms with Crippen LogP contribution < -0.4 is 10.6 Å². The van der Waals surface area contributed by atoms with E-state index >= 15 is 0 Å². The fourth-order valence-corrected chi connectivity index (χ4v) is 2.11. The number of rotatable bonds is 5. The number of hydrogen-bond donors (Lipinski definition) is 3. The number of carbonyl (C=O) groups is 1. The number of anilines is 1. The lowest BCUT2D eigenvalue weighted by molar-refractivity contribution is 0.239. The Morgan fingerprint density at radius 3 is 2.26 bits per heavy atom. The summed E-state index contributed by atoms with van der Waals surface area (Å²) < 4.78 is 39.9. The summed E-state index contributed by atoms with van der Waals surface area (Å²) >= 11 is 0. The van der Waals surface area contributed by atoms with Gasteiger partial charge < -0.3 is 15.7 Å². The van der Waals surface area contributed by atoms with Gasteiger partial charge >= 0.3 is 6.03 Å². The van der Waals surface area contributed by atoms with E-state index in [1.54, 1.807) is 30.3 Å². The highest BCUT2D eigenvalue weighted by Gasteiger charge is 2.18. The average molecular weight is 324 g/mol. The number of aliphatic hydroxyl groups excluding tert-OH is 1. The molecule has 2 rings (SSSR count). The Balaban J connectivity index is 2.11. The summed E-state index contributed by atoms with van der Waals surface area (Å²) in [6, 6.07) is 8.37.